The first-order valence-electron chi connectivity index (χ1n) is 15.2. The lowest BCUT2D eigenvalue weighted by atomic mass is 9.95. The van der Waals surface area contributed by atoms with E-state index in [1.165, 1.54) is 5.39 Å². The highest BCUT2D eigenvalue weighted by Gasteiger charge is 2.19. The van der Waals surface area contributed by atoms with Crippen molar-refractivity contribution in [2.24, 2.45) is 0 Å². The summed E-state index contributed by atoms with van der Waals surface area (Å²) in [6.07, 6.45) is 5.47. The Morgan fingerprint density at radius 3 is 1.65 bits per heavy atom. The molecule has 0 N–H and O–H groups in total. The molecule has 0 spiro atoms. The van der Waals surface area contributed by atoms with Gasteiger partial charge >= 0.3 is 0 Å². The molecule has 6 aromatic carbocycles. The molecule has 46 heavy (non-hydrogen) atoms. The van der Waals surface area contributed by atoms with Crippen LogP contribution in [0.3, 0.4) is 0 Å². The second-order valence-corrected chi connectivity index (χ2v) is 11.4. The van der Waals surface area contributed by atoms with Crippen LogP contribution in [0.2, 0.25) is 0 Å². The quantitative estimate of drug-likeness (QED) is 0.151. The highest BCUT2D eigenvalue weighted by molar-refractivity contribution is 6.14. The summed E-state index contributed by atoms with van der Waals surface area (Å²) in [4.78, 5) is 24.7. The van der Waals surface area contributed by atoms with Gasteiger partial charge in [-0.1, -0.05) is 109 Å². The molecule has 3 aromatic heterocycles. The maximum atomic E-state index is 5.26. The van der Waals surface area contributed by atoms with Crippen LogP contribution in [0.5, 0.6) is 0 Å². The fourth-order valence-corrected chi connectivity index (χ4v) is 6.45. The number of hydrogen-bond acceptors (Lipinski definition) is 5. The van der Waals surface area contributed by atoms with Crippen molar-refractivity contribution in [3.63, 3.8) is 0 Å². The molecular formula is C41H25N5. The minimum absolute atomic E-state index is 0.520. The SMILES string of the molecule is c1cncc(-c2ccc(-c3nc(-c4c5ccccc5cc5ccccc45)nc(-c4cc5ccccc5c5ccccc45)n3)nc2)c1. The van der Waals surface area contributed by atoms with Gasteiger partial charge in [-0.15, -0.1) is 0 Å². The molecule has 0 fully saturated rings. The lowest BCUT2D eigenvalue weighted by Crippen LogP contribution is -2.02. The van der Waals surface area contributed by atoms with Gasteiger partial charge in [-0.2, -0.15) is 0 Å². The first-order valence-corrected chi connectivity index (χ1v) is 15.2. The van der Waals surface area contributed by atoms with Crippen LogP contribution >= 0.6 is 0 Å². The summed E-state index contributed by atoms with van der Waals surface area (Å²) in [7, 11) is 0. The van der Waals surface area contributed by atoms with Crippen LogP contribution in [-0.4, -0.2) is 24.9 Å². The summed E-state index contributed by atoms with van der Waals surface area (Å²) in [5.41, 5.74) is 4.59. The molecule has 0 saturated heterocycles. The Morgan fingerprint density at radius 1 is 0.391 bits per heavy atom. The molecule has 0 saturated carbocycles. The van der Waals surface area contributed by atoms with Crippen molar-refractivity contribution in [2.75, 3.05) is 0 Å². The minimum atomic E-state index is 0.520. The molecule has 9 aromatic rings. The Bertz CT molecular complexity index is 2520. The molecule has 0 atom stereocenters. The van der Waals surface area contributed by atoms with Crippen molar-refractivity contribution in [1.29, 1.82) is 0 Å². The van der Waals surface area contributed by atoms with Gasteiger partial charge in [-0.25, -0.2) is 15.0 Å². The second-order valence-electron chi connectivity index (χ2n) is 11.4. The third-order valence-electron chi connectivity index (χ3n) is 8.63. The predicted molar refractivity (Wildman–Crippen MR) is 187 cm³/mol. The molecular weight excluding hydrogens is 562 g/mol. The van der Waals surface area contributed by atoms with Gasteiger partial charge in [0.2, 0.25) is 0 Å². The summed E-state index contributed by atoms with van der Waals surface area (Å²) < 4.78 is 0. The zero-order valence-electron chi connectivity index (χ0n) is 24.7. The smallest absolute Gasteiger partial charge is 0.182 e. The van der Waals surface area contributed by atoms with Crippen LogP contribution in [0.1, 0.15) is 0 Å². The molecule has 5 heteroatoms. The van der Waals surface area contributed by atoms with Crippen LogP contribution in [-0.2, 0) is 0 Å². The van der Waals surface area contributed by atoms with Crippen molar-refractivity contribution >= 4 is 43.1 Å². The predicted octanol–water partition coefficient (Wildman–Crippen LogP) is 9.94. The maximum absolute atomic E-state index is 5.26. The summed E-state index contributed by atoms with van der Waals surface area (Å²) in [5.74, 6) is 1.74. The molecule has 9 rings (SSSR count). The van der Waals surface area contributed by atoms with Crippen molar-refractivity contribution < 1.29 is 0 Å². The molecule has 0 aliphatic rings. The Hall–Kier alpha value is -6.33. The summed E-state index contributed by atoms with van der Waals surface area (Å²) in [6, 6.07) is 46.2. The van der Waals surface area contributed by atoms with E-state index in [1.54, 1.807) is 6.20 Å². The van der Waals surface area contributed by atoms with Gasteiger partial charge in [0.05, 0.1) is 0 Å². The van der Waals surface area contributed by atoms with Gasteiger partial charge in [0.25, 0.3) is 0 Å². The standard InChI is InChI=1S/C41H25N5/c1-4-14-31-28(12-1)23-36(35-18-8-7-17-34(31)35)39-44-40(37-20-19-30(25-43-37)29-13-9-21-42-24-29)46-41(45-39)38-32-15-5-2-10-26(32)22-27-11-3-6-16-33(27)38/h1-25H. The summed E-state index contributed by atoms with van der Waals surface area (Å²) >= 11 is 0. The highest BCUT2D eigenvalue weighted by atomic mass is 15.0. The maximum Gasteiger partial charge on any atom is 0.182 e. The van der Waals surface area contributed by atoms with E-state index in [4.69, 9.17) is 19.9 Å². The van der Waals surface area contributed by atoms with Crippen molar-refractivity contribution in [3.8, 4) is 45.4 Å². The third kappa shape index (κ3) is 4.37. The first-order chi connectivity index (χ1) is 22.8. The van der Waals surface area contributed by atoms with Crippen LogP contribution < -0.4 is 0 Å². The van der Waals surface area contributed by atoms with Crippen LogP contribution in [0.25, 0.3) is 88.5 Å². The van der Waals surface area contributed by atoms with E-state index in [-0.39, 0.29) is 0 Å². The van der Waals surface area contributed by atoms with E-state index < -0.39 is 0 Å². The summed E-state index contributed by atoms with van der Waals surface area (Å²) in [5, 5.41) is 9.03. The van der Waals surface area contributed by atoms with Gasteiger partial charge < -0.3 is 0 Å². The second kappa shape index (κ2) is 10.7. The van der Waals surface area contributed by atoms with E-state index in [0.717, 1.165) is 60.0 Å². The normalized spacial score (nSPS) is 11.5. The van der Waals surface area contributed by atoms with E-state index >= 15 is 0 Å². The van der Waals surface area contributed by atoms with Crippen molar-refractivity contribution in [2.45, 2.75) is 0 Å². The van der Waals surface area contributed by atoms with Gasteiger partial charge in [-0.3, -0.25) is 9.97 Å². The Morgan fingerprint density at radius 2 is 0.978 bits per heavy atom. The molecule has 0 aliphatic carbocycles. The topological polar surface area (TPSA) is 64.5 Å². The van der Waals surface area contributed by atoms with Gasteiger partial charge in [-0.05, 0) is 67.4 Å². The average Bonchev–Trinajstić information content (AvgIpc) is 3.13. The third-order valence-corrected chi connectivity index (χ3v) is 8.63. The van der Waals surface area contributed by atoms with E-state index in [2.05, 4.69) is 114 Å². The molecule has 0 unspecified atom stereocenters. The van der Waals surface area contributed by atoms with Crippen LogP contribution in [0.15, 0.2) is 152 Å². The number of aromatic nitrogens is 5. The lowest BCUT2D eigenvalue weighted by Gasteiger charge is -2.14. The molecule has 5 nitrogen and oxygen atoms in total. The number of hydrogen-bond donors (Lipinski definition) is 0. The number of rotatable bonds is 4. The van der Waals surface area contributed by atoms with Crippen molar-refractivity contribution in [1.82, 2.24) is 24.9 Å². The summed E-state index contributed by atoms with van der Waals surface area (Å²) in [6.45, 7) is 0. The highest BCUT2D eigenvalue weighted by Crippen LogP contribution is 2.38. The molecule has 0 radical (unpaired) electrons. The lowest BCUT2D eigenvalue weighted by molar-refractivity contribution is 1.06. The monoisotopic (exact) mass is 587 g/mol. The van der Waals surface area contributed by atoms with Crippen molar-refractivity contribution in [3.05, 3.63) is 152 Å². The number of nitrogens with zero attached hydrogens (tertiary/aromatic N) is 5. The van der Waals surface area contributed by atoms with E-state index in [9.17, 15) is 0 Å². The van der Waals surface area contributed by atoms with Gasteiger partial charge in [0.15, 0.2) is 17.5 Å². The number of pyridine rings is 2. The van der Waals surface area contributed by atoms with Crippen LogP contribution in [0, 0.1) is 0 Å². The van der Waals surface area contributed by atoms with E-state index in [1.807, 2.05) is 36.7 Å². The zero-order valence-corrected chi connectivity index (χ0v) is 24.7. The zero-order chi connectivity index (χ0) is 30.5. The number of benzene rings is 6. The molecule has 0 aliphatic heterocycles. The molecule has 0 bridgehead atoms. The van der Waals surface area contributed by atoms with E-state index in [0.29, 0.717) is 23.2 Å². The Balaban J connectivity index is 1.34. The van der Waals surface area contributed by atoms with Gasteiger partial charge in [0.1, 0.15) is 5.69 Å². The largest absolute Gasteiger partial charge is 0.264 e. The fraction of sp³-hybridized carbons (Fsp3) is 0. The first kappa shape index (κ1) is 26.1. The minimum Gasteiger partial charge on any atom is -0.264 e. The fourth-order valence-electron chi connectivity index (χ4n) is 6.45. The average molecular weight is 588 g/mol. The Labute approximate surface area is 264 Å². The Kier molecular flexibility index (Phi) is 6.06. The van der Waals surface area contributed by atoms with Gasteiger partial charge in [0, 0.05) is 40.8 Å². The molecule has 214 valence electrons. The van der Waals surface area contributed by atoms with Crippen LogP contribution in [0.4, 0.5) is 0 Å². The molecule has 0 amide bonds. The number of fused-ring (bicyclic) bond motifs is 5. The molecule has 3 heterocycles.